The molecule has 5 heteroatoms. The van der Waals surface area contributed by atoms with E-state index >= 15 is 0 Å². The Labute approximate surface area is 104 Å². The molecule has 0 radical (unpaired) electrons. The monoisotopic (exact) mass is 256 g/mol. The van der Waals surface area contributed by atoms with E-state index in [0.717, 1.165) is 12.8 Å². The molecule has 1 aliphatic carbocycles. The molecular weight excluding hydrogens is 243 g/mol. The molecule has 0 atom stereocenters. The molecule has 3 N–H and O–H groups in total. The van der Waals surface area contributed by atoms with E-state index in [9.17, 15) is 9.18 Å². The van der Waals surface area contributed by atoms with Crippen LogP contribution in [0.2, 0.25) is 5.02 Å². The van der Waals surface area contributed by atoms with Crippen molar-refractivity contribution in [2.75, 3.05) is 13.1 Å². The third-order valence-electron chi connectivity index (χ3n) is 3.20. The van der Waals surface area contributed by atoms with E-state index in [0.29, 0.717) is 13.1 Å². The minimum atomic E-state index is -0.604. The van der Waals surface area contributed by atoms with Gasteiger partial charge in [0.2, 0.25) is 0 Å². The molecule has 17 heavy (non-hydrogen) atoms. The van der Waals surface area contributed by atoms with Gasteiger partial charge in [-0.1, -0.05) is 17.7 Å². The zero-order valence-electron chi connectivity index (χ0n) is 9.30. The average molecular weight is 257 g/mol. The Morgan fingerprint density at radius 1 is 1.53 bits per heavy atom. The van der Waals surface area contributed by atoms with Crippen molar-refractivity contribution in [3.05, 3.63) is 34.6 Å². The van der Waals surface area contributed by atoms with Gasteiger partial charge in [0.05, 0.1) is 10.6 Å². The highest BCUT2D eigenvalue weighted by Gasteiger charge is 2.41. The van der Waals surface area contributed by atoms with Crippen molar-refractivity contribution in [1.82, 2.24) is 5.32 Å². The molecule has 0 spiro atoms. The second kappa shape index (κ2) is 4.63. The molecule has 1 fully saturated rings. The summed E-state index contributed by atoms with van der Waals surface area (Å²) < 4.78 is 13.4. The lowest BCUT2D eigenvalue weighted by atomic mass is 10.1. The third kappa shape index (κ3) is 2.58. The van der Waals surface area contributed by atoms with Crippen molar-refractivity contribution in [2.24, 2.45) is 11.1 Å². The van der Waals surface area contributed by atoms with Gasteiger partial charge >= 0.3 is 0 Å². The van der Waals surface area contributed by atoms with Crippen molar-refractivity contribution in [3.63, 3.8) is 0 Å². The van der Waals surface area contributed by atoms with Crippen LogP contribution in [0.25, 0.3) is 0 Å². The zero-order chi connectivity index (χ0) is 12.5. The molecule has 1 aliphatic rings. The summed E-state index contributed by atoms with van der Waals surface area (Å²) in [5.74, 6) is -1.08. The van der Waals surface area contributed by atoms with Crippen molar-refractivity contribution >= 4 is 17.5 Å². The predicted molar refractivity (Wildman–Crippen MR) is 64.5 cm³/mol. The van der Waals surface area contributed by atoms with Crippen LogP contribution in [0, 0.1) is 11.2 Å². The molecule has 0 bridgehead atoms. The summed E-state index contributed by atoms with van der Waals surface area (Å²) in [5, 5.41) is 2.82. The molecule has 1 aromatic carbocycles. The number of benzene rings is 1. The quantitative estimate of drug-likeness (QED) is 0.865. The van der Waals surface area contributed by atoms with Gasteiger partial charge in [-0.05, 0) is 31.5 Å². The van der Waals surface area contributed by atoms with Crippen LogP contribution in [0.15, 0.2) is 18.2 Å². The number of amides is 1. The number of nitrogens with two attached hydrogens (primary N) is 1. The van der Waals surface area contributed by atoms with E-state index < -0.39 is 11.7 Å². The van der Waals surface area contributed by atoms with Crippen molar-refractivity contribution in [2.45, 2.75) is 12.8 Å². The molecule has 0 aromatic heterocycles. The number of hydrogen-bond donors (Lipinski definition) is 2. The first-order chi connectivity index (χ1) is 8.08. The van der Waals surface area contributed by atoms with Crippen LogP contribution in [0.4, 0.5) is 4.39 Å². The standard InChI is InChI=1S/C12H14ClFN2O/c13-8-2-1-3-9(14)10(8)11(17)16-7-12(6-15)4-5-12/h1-3H,4-7,15H2,(H,16,17). The summed E-state index contributed by atoms with van der Waals surface area (Å²) >= 11 is 5.80. The molecule has 1 amide bonds. The maximum Gasteiger partial charge on any atom is 0.255 e. The first-order valence-corrected chi connectivity index (χ1v) is 5.88. The van der Waals surface area contributed by atoms with Crippen LogP contribution in [0.5, 0.6) is 0 Å². The van der Waals surface area contributed by atoms with Gasteiger partial charge in [-0.15, -0.1) is 0 Å². The van der Waals surface area contributed by atoms with Crippen LogP contribution in [0.1, 0.15) is 23.2 Å². The summed E-state index contributed by atoms with van der Waals surface area (Å²) in [6.07, 6.45) is 2.02. The lowest BCUT2D eigenvalue weighted by Gasteiger charge is -2.14. The van der Waals surface area contributed by atoms with Crippen LogP contribution in [0.3, 0.4) is 0 Å². The Hall–Kier alpha value is -1.13. The van der Waals surface area contributed by atoms with E-state index in [-0.39, 0.29) is 16.0 Å². The fraction of sp³-hybridized carbons (Fsp3) is 0.417. The molecule has 1 saturated carbocycles. The summed E-state index contributed by atoms with van der Waals surface area (Å²) in [4.78, 5) is 11.8. The first kappa shape index (κ1) is 12.3. The average Bonchev–Trinajstić information content (AvgIpc) is 3.07. The number of hydrogen-bond acceptors (Lipinski definition) is 2. The fourth-order valence-corrected chi connectivity index (χ4v) is 1.95. The molecular formula is C12H14ClFN2O. The van der Waals surface area contributed by atoms with Gasteiger partial charge in [0.25, 0.3) is 5.91 Å². The second-order valence-corrected chi connectivity index (χ2v) is 4.89. The first-order valence-electron chi connectivity index (χ1n) is 5.50. The van der Waals surface area contributed by atoms with Gasteiger partial charge in [-0.3, -0.25) is 4.79 Å². The normalized spacial score (nSPS) is 16.6. The van der Waals surface area contributed by atoms with E-state index in [1.54, 1.807) is 0 Å². The molecule has 0 aliphatic heterocycles. The Balaban J connectivity index is 2.05. The van der Waals surface area contributed by atoms with Crippen LogP contribution in [-0.2, 0) is 0 Å². The highest BCUT2D eigenvalue weighted by Crippen LogP contribution is 2.43. The molecule has 3 nitrogen and oxygen atoms in total. The fourth-order valence-electron chi connectivity index (χ4n) is 1.70. The Bertz CT molecular complexity index is 426. The highest BCUT2D eigenvalue weighted by molar-refractivity contribution is 6.33. The lowest BCUT2D eigenvalue weighted by Crippen LogP contribution is -2.34. The van der Waals surface area contributed by atoms with Gasteiger partial charge in [0, 0.05) is 12.0 Å². The molecule has 2 rings (SSSR count). The van der Waals surface area contributed by atoms with Gasteiger partial charge < -0.3 is 11.1 Å². The van der Waals surface area contributed by atoms with Crippen molar-refractivity contribution < 1.29 is 9.18 Å². The molecule has 0 unspecified atom stereocenters. The molecule has 0 saturated heterocycles. The molecule has 1 aromatic rings. The summed E-state index contributed by atoms with van der Waals surface area (Å²) in [7, 11) is 0. The smallest absolute Gasteiger partial charge is 0.255 e. The minimum Gasteiger partial charge on any atom is -0.351 e. The number of carbonyl (C=O) groups is 1. The zero-order valence-corrected chi connectivity index (χ0v) is 10.1. The van der Waals surface area contributed by atoms with Crippen molar-refractivity contribution in [1.29, 1.82) is 0 Å². The summed E-state index contributed by atoms with van der Waals surface area (Å²) in [6, 6.07) is 4.18. The van der Waals surface area contributed by atoms with Gasteiger partial charge in [-0.2, -0.15) is 0 Å². The number of nitrogens with one attached hydrogen (secondary N) is 1. The molecule has 92 valence electrons. The van der Waals surface area contributed by atoms with Crippen LogP contribution < -0.4 is 11.1 Å². The van der Waals surface area contributed by atoms with Crippen LogP contribution in [-0.4, -0.2) is 19.0 Å². The maximum absolute atomic E-state index is 13.4. The SMILES string of the molecule is NCC1(CNC(=O)c2c(F)cccc2Cl)CC1. The third-order valence-corrected chi connectivity index (χ3v) is 3.52. The van der Waals surface area contributed by atoms with Gasteiger partial charge in [0.1, 0.15) is 5.82 Å². The predicted octanol–water partition coefficient (Wildman–Crippen LogP) is 1.95. The summed E-state index contributed by atoms with van der Waals surface area (Å²) in [5.41, 5.74) is 5.53. The Kier molecular flexibility index (Phi) is 3.35. The van der Waals surface area contributed by atoms with Crippen molar-refractivity contribution in [3.8, 4) is 0 Å². The van der Waals surface area contributed by atoms with Gasteiger partial charge in [-0.25, -0.2) is 4.39 Å². The Morgan fingerprint density at radius 2 is 2.24 bits per heavy atom. The Morgan fingerprint density at radius 3 is 2.76 bits per heavy atom. The van der Waals surface area contributed by atoms with Gasteiger partial charge in [0.15, 0.2) is 0 Å². The van der Waals surface area contributed by atoms with E-state index in [1.165, 1.54) is 18.2 Å². The lowest BCUT2D eigenvalue weighted by molar-refractivity contribution is 0.0941. The van der Waals surface area contributed by atoms with Crippen LogP contribution >= 0.6 is 11.6 Å². The van der Waals surface area contributed by atoms with E-state index in [1.807, 2.05) is 0 Å². The summed E-state index contributed by atoms with van der Waals surface area (Å²) in [6.45, 7) is 1.02. The topological polar surface area (TPSA) is 55.1 Å². The number of halogens is 2. The maximum atomic E-state index is 13.4. The minimum absolute atomic E-state index is 0.0212. The largest absolute Gasteiger partial charge is 0.351 e. The molecule has 0 heterocycles. The number of carbonyl (C=O) groups excluding carboxylic acids is 1. The highest BCUT2D eigenvalue weighted by atomic mass is 35.5. The number of rotatable bonds is 4. The van der Waals surface area contributed by atoms with E-state index in [2.05, 4.69) is 5.32 Å². The van der Waals surface area contributed by atoms with E-state index in [4.69, 9.17) is 17.3 Å². The second-order valence-electron chi connectivity index (χ2n) is 4.48.